The Morgan fingerprint density at radius 1 is 1.08 bits per heavy atom. The van der Waals surface area contributed by atoms with Crippen molar-refractivity contribution >= 4 is 10.8 Å². The predicted octanol–water partition coefficient (Wildman–Crippen LogP) is 4.24. The van der Waals surface area contributed by atoms with Crippen molar-refractivity contribution in [1.82, 2.24) is 9.88 Å². The Kier molecular flexibility index (Phi) is 4.14. The predicted molar refractivity (Wildman–Crippen MR) is 99.2 cm³/mol. The molecule has 1 aliphatic rings. The Labute approximate surface area is 146 Å². The monoisotopic (exact) mass is 336 g/mol. The van der Waals surface area contributed by atoms with Crippen LogP contribution in [-0.4, -0.2) is 23.0 Å². The van der Waals surface area contributed by atoms with E-state index in [0.717, 1.165) is 24.0 Å². The van der Waals surface area contributed by atoms with Crippen LogP contribution in [0, 0.1) is 12.7 Å². The summed E-state index contributed by atoms with van der Waals surface area (Å²) in [4.78, 5) is 17.5. The summed E-state index contributed by atoms with van der Waals surface area (Å²) in [6.45, 7) is 4.71. The number of halogens is 1. The van der Waals surface area contributed by atoms with Crippen LogP contribution in [0.5, 0.6) is 0 Å². The van der Waals surface area contributed by atoms with Gasteiger partial charge in [-0.15, -0.1) is 0 Å². The molecular weight excluding hydrogens is 315 g/mol. The zero-order valence-electron chi connectivity index (χ0n) is 14.3. The lowest BCUT2D eigenvalue weighted by Gasteiger charge is -2.15. The minimum atomic E-state index is -0.213. The van der Waals surface area contributed by atoms with Gasteiger partial charge in [0.15, 0.2) is 0 Å². The van der Waals surface area contributed by atoms with Gasteiger partial charge in [-0.3, -0.25) is 9.69 Å². The molecule has 1 N–H and O–H groups in total. The first-order valence-corrected chi connectivity index (χ1v) is 8.75. The third-order valence-electron chi connectivity index (χ3n) is 5.06. The van der Waals surface area contributed by atoms with E-state index in [-0.39, 0.29) is 11.4 Å². The molecule has 3 aromatic rings. The van der Waals surface area contributed by atoms with Gasteiger partial charge in [0.1, 0.15) is 5.82 Å². The van der Waals surface area contributed by atoms with Crippen LogP contribution in [0.4, 0.5) is 4.39 Å². The Morgan fingerprint density at radius 2 is 1.88 bits per heavy atom. The average Bonchev–Trinajstić information content (AvgIpc) is 3.10. The maximum atomic E-state index is 14.6. The first kappa shape index (κ1) is 16.0. The van der Waals surface area contributed by atoms with E-state index in [9.17, 15) is 9.18 Å². The normalized spacial score (nSPS) is 15.1. The number of likely N-dealkylation sites (tertiary alicyclic amines) is 1. The summed E-state index contributed by atoms with van der Waals surface area (Å²) in [6, 6.07) is 12.9. The number of aromatic nitrogens is 1. The fraction of sp³-hybridized carbons (Fsp3) is 0.286. The maximum absolute atomic E-state index is 14.6. The summed E-state index contributed by atoms with van der Waals surface area (Å²) in [5.41, 5.74) is 2.96. The van der Waals surface area contributed by atoms with Crippen molar-refractivity contribution in [2.24, 2.45) is 0 Å². The summed E-state index contributed by atoms with van der Waals surface area (Å²) in [5.74, 6) is -0.213. The molecule has 3 nitrogen and oxygen atoms in total. The molecule has 0 bridgehead atoms. The lowest BCUT2D eigenvalue weighted by molar-refractivity contribution is 0.325. The summed E-state index contributed by atoms with van der Waals surface area (Å²) in [6.07, 6.45) is 2.38. The lowest BCUT2D eigenvalue weighted by Crippen LogP contribution is -2.19. The van der Waals surface area contributed by atoms with Crippen LogP contribution >= 0.6 is 0 Å². The molecule has 1 saturated heterocycles. The van der Waals surface area contributed by atoms with Crippen LogP contribution in [0.2, 0.25) is 0 Å². The Balaban J connectivity index is 1.72. The molecule has 1 aromatic heterocycles. The number of hydrogen-bond acceptors (Lipinski definition) is 2. The number of rotatable bonds is 3. The highest BCUT2D eigenvalue weighted by Crippen LogP contribution is 2.25. The molecule has 128 valence electrons. The fourth-order valence-electron chi connectivity index (χ4n) is 3.62. The number of benzene rings is 2. The molecule has 25 heavy (non-hydrogen) atoms. The van der Waals surface area contributed by atoms with Crippen molar-refractivity contribution in [3.63, 3.8) is 0 Å². The number of nitrogens with zero attached hydrogens (tertiary/aromatic N) is 1. The zero-order chi connectivity index (χ0) is 17.4. The van der Waals surface area contributed by atoms with E-state index >= 15 is 0 Å². The highest BCUT2D eigenvalue weighted by molar-refractivity contribution is 5.87. The average molecular weight is 336 g/mol. The van der Waals surface area contributed by atoms with E-state index in [0.29, 0.717) is 28.8 Å². The van der Waals surface area contributed by atoms with Gasteiger partial charge in [0.05, 0.1) is 0 Å². The molecule has 0 radical (unpaired) electrons. The number of pyridine rings is 1. The van der Waals surface area contributed by atoms with E-state index in [1.54, 1.807) is 0 Å². The molecule has 1 aliphatic heterocycles. The molecule has 0 aliphatic carbocycles. The highest BCUT2D eigenvalue weighted by Gasteiger charge is 2.15. The molecule has 2 aromatic carbocycles. The second-order valence-corrected chi connectivity index (χ2v) is 6.84. The molecule has 0 saturated carbocycles. The molecule has 0 unspecified atom stereocenters. The van der Waals surface area contributed by atoms with Crippen LogP contribution < -0.4 is 5.56 Å². The van der Waals surface area contributed by atoms with Crippen LogP contribution in [-0.2, 0) is 6.54 Å². The number of fused-ring (bicyclic) bond motifs is 1. The standard InChI is InChI=1S/C21H21FN2O/c1-14-5-4-6-17-18(14)12-20(23-21(17)25)15-7-8-16(19(22)11-15)13-24-9-2-3-10-24/h4-8,11-12H,2-3,9-10,13H2,1H3,(H,23,25). The largest absolute Gasteiger partial charge is 0.321 e. The van der Waals surface area contributed by atoms with Gasteiger partial charge in [-0.05, 0) is 62.0 Å². The second kappa shape index (κ2) is 6.45. The molecular formula is C21H21FN2O. The van der Waals surface area contributed by atoms with Crippen LogP contribution in [0.1, 0.15) is 24.0 Å². The van der Waals surface area contributed by atoms with Gasteiger partial charge >= 0.3 is 0 Å². The fourth-order valence-corrected chi connectivity index (χ4v) is 3.62. The van der Waals surface area contributed by atoms with Gasteiger partial charge in [-0.2, -0.15) is 0 Å². The number of aromatic amines is 1. The SMILES string of the molecule is Cc1cccc2c(=O)[nH]c(-c3ccc(CN4CCCC4)c(F)c3)cc12. The quantitative estimate of drug-likeness (QED) is 0.777. The molecule has 1 fully saturated rings. The van der Waals surface area contributed by atoms with Gasteiger partial charge in [-0.1, -0.05) is 24.3 Å². The third kappa shape index (κ3) is 3.10. The van der Waals surface area contributed by atoms with Crippen molar-refractivity contribution < 1.29 is 4.39 Å². The first-order valence-electron chi connectivity index (χ1n) is 8.75. The second-order valence-electron chi connectivity index (χ2n) is 6.84. The molecule has 4 heteroatoms. The molecule has 4 rings (SSSR count). The van der Waals surface area contributed by atoms with Crippen LogP contribution in [0.15, 0.2) is 47.3 Å². The number of nitrogens with one attached hydrogen (secondary N) is 1. The van der Waals surface area contributed by atoms with Crippen molar-refractivity contribution in [3.8, 4) is 11.3 Å². The van der Waals surface area contributed by atoms with Crippen molar-refractivity contribution in [1.29, 1.82) is 0 Å². The minimum Gasteiger partial charge on any atom is -0.321 e. The topological polar surface area (TPSA) is 36.1 Å². The van der Waals surface area contributed by atoms with Gasteiger partial charge < -0.3 is 4.98 Å². The van der Waals surface area contributed by atoms with E-state index in [2.05, 4.69) is 9.88 Å². The third-order valence-corrected chi connectivity index (χ3v) is 5.06. The molecule has 2 heterocycles. The Morgan fingerprint density at radius 3 is 2.64 bits per heavy atom. The van der Waals surface area contributed by atoms with E-state index in [1.807, 2.05) is 43.3 Å². The lowest BCUT2D eigenvalue weighted by atomic mass is 10.0. The Hall–Kier alpha value is -2.46. The summed E-state index contributed by atoms with van der Waals surface area (Å²) in [5, 5.41) is 1.57. The van der Waals surface area contributed by atoms with Crippen molar-refractivity contribution in [2.75, 3.05) is 13.1 Å². The minimum absolute atomic E-state index is 0.141. The zero-order valence-corrected chi connectivity index (χ0v) is 14.3. The summed E-state index contributed by atoms with van der Waals surface area (Å²) in [7, 11) is 0. The van der Waals surface area contributed by atoms with Gasteiger partial charge in [0.2, 0.25) is 0 Å². The van der Waals surface area contributed by atoms with Crippen molar-refractivity contribution in [2.45, 2.75) is 26.3 Å². The summed E-state index contributed by atoms with van der Waals surface area (Å²) < 4.78 is 14.6. The molecule has 0 amide bonds. The maximum Gasteiger partial charge on any atom is 0.256 e. The Bertz CT molecular complexity index is 987. The van der Waals surface area contributed by atoms with Crippen LogP contribution in [0.25, 0.3) is 22.0 Å². The van der Waals surface area contributed by atoms with Gasteiger partial charge in [-0.25, -0.2) is 4.39 Å². The van der Waals surface area contributed by atoms with E-state index in [1.165, 1.54) is 18.9 Å². The van der Waals surface area contributed by atoms with E-state index in [4.69, 9.17) is 0 Å². The van der Waals surface area contributed by atoms with Crippen molar-refractivity contribution in [3.05, 3.63) is 69.8 Å². The summed E-state index contributed by atoms with van der Waals surface area (Å²) >= 11 is 0. The number of hydrogen-bond donors (Lipinski definition) is 1. The number of aryl methyl sites for hydroxylation is 1. The van der Waals surface area contributed by atoms with Gasteiger partial charge in [0, 0.05) is 28.8 Å². The smallest absolute Gasteiger partial charge is 0.256 e. The van der Waals surface area contributed by atoms with E-state index < -0.39 is 0 Å². The number of H-pyrrole nitrogens is 1. The molecule has 0 atom stereocenters. The first-order chi connectivity index (χ1) is 12.1. The van der Waals surface area contributed by atoms with Crippen LogP contribution in [0.3, 0.4) is 0 Å². The highest BCUT2D eigenvalue weighted by atomic mass is 19.1. The van der Waals surface area contributed by atoms with Gasteiger partial charge in [0.25, 0.3) is 5.56 Å². The molecule has 0 spiro atoms.